The van der Waals surface area contributed by atoms with E-state index in [1.54, 1.807) is 12.1 Å². The maximum Gasteiger partial charge on any atom is 0.396 e. The van der Waals surface area contributed by atoms with Crippen LogP contribution in [0.3, 0.4) is 0 Å². The van der Waals surface area contributed by atoms with Gasteiger partial charge in [-0.25, -0.2) is 4.79 Å². The summed E-state index contributed by atoms with van der Waals surface area (Å²) in [6.45, 7) is 0.719. The molecule has 136 valence electrons. The van der Waals surface area contributed by atoms with Gasteiger partial charge in [0.15, 0.2) is 0 Å². The summed E-state index contributed by atoms with van der Waals surface area (Å²) >= 11 is 0.904. The zero-order valence-electron chi connectivity index (χ0n) is 13.1. The van der Waals surface area contributed by atoms with Gasteiger partial charge in [0, 0.05) is 13.0 Å². The van der Waals surface area contributed by atoms with Gasteiger partial charge in [0.1, 0.15) is 35.7 Å². The molecule has 0 aliphatic carbocycles. The van der Waals surface area contributed by atoms with Crippen molar-refractivity contribution in [2.75, 3.05) is 6.61 Å². The smallest absolute Gasteiger partial charge is 0.396 e. The SMILES string of the molecule is CC(=O)N[C@@H]1[C@H](Oc2ccc3oc(=O)sc3c2)O[C@H](CO)[C@@H](O)[C@H]1O. The van der Waals surface area contributed by atoms with Gasteiger partial charge in [-0.2, -0.15) is 0 Å². The monoisotopic (exact) mass is 371 g/mol. The van der Waals surface area contributed by atoms with Gasteiger partial charge in [-0.05, 0) is 12.1 Å². The van der Waals surface area contributed by atoms with E-state index in [4.69, 9.17) is 13.9 Å². The Bertz CT molecular complexity index is 817. The Hall–Kier alpha value is -1.98. The summed E-state index contributed by atoms with van der Waals surface area (Å²) in [5.74, 6) is -0.135. The van der Waals surface area contributed by atoms with Gasteiger partial charge in [0.05, 0.1) is 11.3 Å². The fourth-order valence-electron chi connectivity index (χ4n) is 2.63. The van der Waals surface area contributed by atoms with Crippen LogP contribution in [0.5, 0.6) is 5.75 Å². The van der Waals surface area contributed by atoms with Crippen molar-refractivity contribution in [2.24, 2.45) is 0 Å². The maximum atomic E-state index is 11.4. The molecule has 1 amide bonds. The van der Waals surface area contributed by atoms with Crippen molar-refractivity contribution in [3.8, 4) is 5.75 Å². The molecule has 1 aromatic carbocycles. The van der Waals surface area contributed by atoms with E-state index >= 15 is 0 Å². The van der Waals surface area contributed by atoms with Crippen LogP contribution in [0.25, 0.3) is 10.3 Å². The molecule has 2 aromatic rings. The highest BCUT2D eigenvalue weighted by atomic mass is 32.1. The summed E-state index contributed by atoms with van der Waals surface area (Å²) in [5, 5.41) is 31.9. The minimum absolute atomic E-state index is 0.310. The van der Waals surface area contributed by atoms with Crippen LogP contribution in [0, 0.1) is 0 Å². The van der Waals surface area contributed by atoms with Crippen LogP contribution in [-0.4, -0.2) is 58.5 Å². The van der Waals surface area contributed by atoms with Crippen LogP contribution in [0.4, 0.5) is 0 Å². The molecule has 0 radical (unpaired) electrons. The van der Waals surface area contributed by atoms with E-state index in [0.29, 0.717) is 16.0 Å². The molecule has 10 heteroatoms. The zero-order chi connectivity index (χ0) is 18.1. The van der Waals surface area contributed by atoms with Gasteiger partial charge in [-0.15, -0.1) is 0 Å². The summed E-state index contributed by atoms with van der Waals surface area (Å²) in [6.07, 6.45) is -5.00. The van der Waals surface area contributed by atoms with E-state index in [-0.39, 0.29) is 0 Å². The lowest BCUT2D eigenvalue weighted by molar-refractivity contribution is -0.244. The summed E-state index contributed by atoms with van der Waals surface area (Å²) in [7, 11) is 0. The number of ether oxygens (including phenoxy) is 2. The molecule has 1 aliphatic heterocycles. The van der Waals surface area contributed by atoms with E-state index in [9.17, 15) is 24.9 Å². The number of aliphatic hydroxyl groups is 3. The van der Waals surface area contributed by atoms with Crippen molar-refractivity contribution >= 4 is 27.5 Å². The Balaban J connectivity index is 1.86. The van der Waals surface area contributed by atoms with Gasteiger partial charge in [-0.1, -0.05) is 11.3 Å². The van der Waals surface area contributed by atoms with Crippen LogP contribution in [-0.2, 0) is 9.53 Å². The van der Waals surface area contributed by atoms with Gasteiger partial charge in [0.25, 0.3) is 0 Å². The molecule has 0 saturated carbocycles. The van der Waals surface area contributed by atoms with E-state index in [1.165, 1.54) is 13.0 Å². The van der Waals surface area contributed by atoms with Crippen LogP contribution < -0.4 is 15.0 Å². The van der Waals surface area contributed by atoms with Gasteiger partial charge >= 0.3 is 4.94 Å². The molecule has 0 bridgehead atoms. The molecule has 4 N–H and O–H groups in total. The topological polar surface area (TPSA) is 138 Å². The van der Waals surface area contributed by atoms with E-state index in [1.807, 2.05) is 0 Å². The van der Waals surface area contributed by atoms with Crippen molar-refractivity contribution in [2.45, 2.75) is 37.6 Å². The Kier molecular flexibility index (Phi) is 5.06. The van der Waals surface area contributed by atoms with Gasteiger partial charge in [-0.3, -0.25) is 4.79 Å². The number of amides is 1. The third-order valence-electron chi connectivity index (χ3n) is 3.80. The van der Waals surface area contributed by atoms with Gasteiger partial charge < -0.3 is 34.5 Å². The second kappa shape index (κ2) is 7.10. The number of rotatable bonds is 4. The number of hydrogen-bond donors (Lipinski definition) is 4. The summed E-state index contributed by atoms with van der Waals surface area (Å²) < 4.78 is 16.7. The highest BCUT2D eigenvalue weighted by molar-refractivity contribution is 7.16. The average molecular weight is 371 g/mol. The Labute approximate surface area is 145 Å². The fourth-order valence-corrected chi connectivity index (χ4v) is 3.33. The molecule has 3 rings (SSSR count). The second-order valence-corrected chi connectivity index (χ2v) is 6.59. The molecule has 9 nitrogen and oxygen atoms in total. The molecular formula is C15H17NO8S. The first-order chi connectivity index (χ1) is 11.9. The lowest BCUT2D eigenvalue weighted by Gasteiger charge is -2.42. The maximum absolute atomic E-state index is 11.4. The number of fused-ring (bicyclic) bond motifs is 1. The first kappa shape index (κ1) is 17.8. The van der Waals surface area contributed by atoms with Crippen molar-refractivity contribution in [3.63, 3.8) is 0 Å². The highest BCUT2D eigenvalue weighted by Crippen LogP contribution is 2.27. The molecule has 5 atom stereocenters. The van der Waals surface area contributed by atoms with Crippen LogP contribution >= 0.6 is 11.3 Å². The molecular weight excluding hydrogens is 354 g/mol. The van der Waals surface area contributed by atoms with Crippen molar-refractivity contribution in [1.29, 1.82) is 0 Å². The normalized spacial score (nSPS) is 29.5. The van der Waals surface area contributed by atoms with Crippen molar-refractivity contribution in [3.05, 3.63) is 27.9 Å². The van der Waals surface area contributed by atoms with E-state index < -0.39 is 48.1 Å². The fraction of sp³-hybridized carbons (Fsp3) is 0.467. The molecule has 2 heterocycles. The predicted octanol–water partition coefficient (Wildman–Crippen LogP) is -0.823. The molecule has 25 heavy (non-hydrogen) atoms. The minimum atomic E-state index is -1.39. The lowest BCUT2D eigenvalue weighted by Crippen LogP contribution is -2.65. The van der Waals surface area contributed by atoms with Gasteiger partial charge in [0.2, 0.25) is 12.2 Å². The van der Waals surface area contributed by atoms with E-state index in [2.05, 4.69) is 5.32 Å². The standard InChI is InChI=1S/C15H17NO8S/c1-6(18)16-11-13(20)12(19)9(5-17)23-14(11)22-7-2-3-8-10(4-7)25-15(21)24-8/h2-4,9,11-14,17,19-20H,5H2,1H3,(H,16,18)/t9-,11+,12-,13+,14-/m1/s1. The third-order valence-corrected chi connectivity index (χ3v) is 4.59. The summed E-state index contributed by atoms with van der Waals surface area (Å²) in [4.78, 5) is 22.2. The largest absolute Gasteiger partial charge is 0.463 e. The summed E-state index contributed by atoms with van der Waals surface area (Å²) in [5.41, 5.74) is 0.411. The Morgan fingerprint density at radius 3 is 2.80 bits per heavy atom. The minimum Gasteiger partial charge on any atom is -0.463 e. The number of benzene rings is 1. The Morgan fingerprint density at radius 2 is 2.12 bits per heavy atom. The molecule has 1 saturated heterocycles. The highest BCUT2D eigenvalue weighted by Gasteiger charge is 2.46. The average Bonchev–Trinajstić information content (AvgIpc) is 2.93. The molecule has 0 unspecified atom stereocenters. The Morgan fingerprint density at radius 1 is 1.36 bits per heavy atom. The zero-order valence-corrected chi connectivity index (χ0v) is 13.9. The quantitative estimate of drug-likeness (QED) is 0.547. The predicted molar refractivity (Wildman–Crippen MR) is 86.4 cm³/mol. The number of hydrogen-bond acceptors (Lipinski definition) is 9. The number of aliphatic hydroxyl groups excluding tert-OH is 3. The molecule has 0 spiro atoms. The molecule has 1 aliphatic rings. The summed E-state index contributed by atoms with van der Waals surface area (Å²) in [6, 6.07) is 3.60. The second-order valence-electron chi connectivity index (χ2n) is 5.61. The number of carbonyl (C=O) groups excluding carboxylic acids is 1. The van der Waals surface area contributed by atoms with Crippen LogP contribution in [0.1, 0.15) is 6.92 Å². The van der Waals surface area contributed by atoms with Crippen molar-refractivity contribution in [1.82, 2.24) is 5.32 Å². The first-order valence-corrected chi connectivity index (χ1v) is 8.30. The van der Waals surface area contributed by atoms with Crippen LogP contribution in [0.2, 0.25) is 0 Å². The van der Waals surface area contributed by atoms with Crippen LogP contribution in [0.15, 0.2) is 27.4 Å². The van der Waals surface area contributed by atoms with Crippen molar-refractivity contribution < 1.29 is 34.0 Å². The first-order valence-electron chi connectivity index (χ1n) is 7.49. The third kappa shape index (κ3) is 3.67. The number of carbonyl (C=O) groups is 1. The number of nitrogens with one attached hydrogen (secondary N) is 1. The molecule has 1 fully saturated rings. The van der Waals surface area contributed by atoms with E-state index in [0.717, 1.165) is 11.3 Å². The lowest BCUT2D eigenvalue weighted by atomic mass is 9.97. The molecule has 1 aromatic heterocycles.